The maximum atomic E-state index is 12.8. The van der Waals surface area contributed by atoms with Gasteiger partial charge in [0.05, 0.1) is 13.0 Å². The lowest BCUT2D eigenvalue weighted by Gasteiger charge is -2.16. The monoisotopic (exact) mass is 416 g/mol. The zero-order chi connectivity index (χ0) is 21.3. The Kier molecular flexibility index (Phi) is 5.57. The summed E-state index contributed by atoms with van der Waals surface area (Å²) in [7, 11) is 1.54. The minimum atomic E-state index is -2.97. The third-order valence-corrected chi connectivity index (χ3v) is 5.38. The second-order valence-corrected chi connectivity index (χ2v) is 7.49. The largest absolute Gasteiger partial charge is 0.497 e. The zero-order valence-electron chi connectivity index (χ0n) is 16.4. The molecule has 6 nitrogen and oxygen atoms in total. The van der Waals surface area contributed by atoms with Gasteiger partial charge in [0.25, 0.3) is 0 Å². The van der Waals surface area contributed by atoms with E-state index >= 15 is 0 Å². The van der Waals surface area contributed by atoms with Gasteiger partial charge in [-0.1, -0.05) is 12.1 Å². The number of nitrogens with zero attached hydrogens (tertiary/aromatic N) is 1. The van der Waals surface area contributed by atoms with Crippen molar-refractivity contribution < 1.29 is 27.8 Å². The molecule has 1 heterocycles. The van der Waals surface area contributed by atoms with Gasteiger partial charge in [-0.05, 0) is 48.7 Å². The maximum absolute atomic E-state index is 12.8. The van der Waals surface area contributed by atoms with Crippen molar-refractivity contribution in [3.05, 3.63) is 42.5 Å². The highest BCUT2D eigenvalue weighted by atomic mass is 19.3. The van der Waals surface area contributed by atoms with Gasteiger partial charge in [-0.2, -0.15) is 8.78 Å². The Labute approximate surface area is 172 Å². The van der Waals surface area contributed by atoms with Gasteiger partial charge in [0, 0.05) is 30.3 Å². The van der Waals surface area contributed by atoms with Gasteiger partial charge in [0.15, 0.2) is 0 Å². The van der Waals surface area contributed by atoms with Gasteiger partial charge in [-0.3, -0.25) is 9.59 Å². The van der Waals surface area contributed by atoms with Crippen LogP contribution in [0.4, 0.5) is 14.5 Å². The van der Waals surface area contributed by atoms with Crippen molar-refractivity contribution in [1.29, 1.82) is 0 Å². The molecule has 2 aromatic carbocycles. The van der Waals surface area contributed by atoms with Crippen LogP contribution < -0.4 is 14.8 Å². The number of carbonyl (C=O) groups is 2. The Morgan fingerprint density at radius 2 is 1.90 bits per heavy atom. The molecule has 2 aliphatic rings. The molecule has 8 heteroatoms. The van der Waals surface area contributed by atoms with E-state index < -0.39 is 12.5 Å². The number of amides is 2. The number of carbonyl (C=O) groups excluding carboxylic acids is 2. The molecule has 1 N–H and O–H groups in total. The van der Waals surface area contributed by atoms with Gasteiger partial charge in [0.1, 0.15) is 11.5 Å². The summed E-state index contributed by atoms with van der Waals surface area (Å²) in [5.74, 6) is -0.0266. The quantitative estimate of drug-likeness (QED) is 0.743. The zero-order valence-corrected chi connectivity index (χ0v) is 16.4. The van der Waals surface area contributed by atoms with Crippen LogP contribution in [-0.4, -0.2) is 43.0 Å². The standard InChI is InChI=1S/C22H22F2N2O4/c1-29-17-7-2-13(3-8-17)18-11-15(4-9-19(18)30-22(23)24)25-21(28)14-10-20(27)26(12-14)16-5-6-16/h2-4,7-9,11,14,16,22H,5-6,10,12H2,1H3,(H,25,28). The maximum Gasteiger partial charge on any atom is 0.387 e. The van der Waals surface area contributed by atoms with Crippen LogP contribution >= 0.6 is 0 Å². The van der Waals surface area contributed by atoms with Crippen molar-refractivity contribution in [1.82, 2.24) is 4.90 Å². The number of methoxy groups -OCH3 is 1. The predicted octanol–water partition coefficient (Wildman–Crippen LogP) is 3.91. The molecule has 1 saturated carbocycles. The van der Waals surface area contributed by atoms with Crippen molar-refractivity contribution in [2.45, 2.75) is 31.9 Å². The summed E-state index contributed by atoms with van der Waals surface area (Å²) >= 11 is 0. The van der Waals surface area contributed by atoms with E-state index in [1.165, 1.54) is 19.2 Å². The van der Waals surface area contributed by atoms with Crippen molar-refractivity contribution >= 4 is 17.5 Å². The summed E-state index contributed by atoms with van der Waals surface area (Å²) in [5.41, 5.74) is 1.50. The van der Waals surface area contributed by atoms with Gasteiger partial charge < -0.3 is 19.7 Å². The van der Waals surface area contributed by atoms with Gasteiger partial charge in [-0.15, -0.1) is 0 Å². The third kappa shape index (κ3) is 4.37. The topological polar surface area (TPSA) is 67.9 Å². The summed E-state index contributed by atoms with van der Waals surface area (Å²) in [4.78, 5) is 26.6. The molecule has 2 amide bonds. The molecule has 1 unspecified atom stereocenters. The van der Waals surface area contributed by atoms with Crippen LogP contribution in [0.25, 0.3) is 11.1 Å². The second kappa shape index (κ2) is 8.30. The Morgan fingerprint density at radius 3 is 2.53 bits per heavy atom. The summed E-state index contributed by atoms with van der Waals surface area (Å²) < 4.78 is 35.5. The number of hydrogen-bond acceptors (Lipinski definition) is 4. The summed E-state index contributed by atoms with van der Waals surface area (Å²) in [5, 5.41) is 2.81. The number of halogens is 2. The first-order valence-corrected chi connectivity index (χ1v) is 9.78. The molecule has 1 aliphatic carbocycles. The number of ether oxygens (including phenoxy) is 2. The number of alkyl halides is 2. The lowest BCUT2D eigenvalue weighted by Crippen LogP contribution is -2.29. The van der Waals surface area contributed by atoms with E-state index in [9.17, 15) is 18.4 Å². The smallest absolute Gasteiger partial charge is 0.387 e. The fraction of sp³-hybridized carbons (Fsp3) is 0.364. The SMILES string of the molecule is COc1ccc(-c2cc(NC(=O)C3CC(=O)N(C4CC4)C3)ccc2OC(F)F)cc1. The molecule has 158 valence electrons. The molecular formula is C22H22F2N2O4. The number of hydrogen-bond donors (Lipinski definition) is 1. The van der Waals surface area contributed by atoms with E-state index in [4.69, 9.17) is 4.74 Å². The Morgan fingerprint density at radius 1 is 1.17 bits per heavy atom. The first-order chi connectivity index (χ1) is 14.4. The van der Waals surface area contributed by atoms with E-state index in [0.29, 0.717) is 29.1 Å². The molecule has 0 bridgehead atoms. The lowest BCUT2D eigenvalue weighted by atomic mass is 10.0. The molecular weight excluding hydrogens is 394 g/mol. The van der Waals surface area contributed by atoms with Crippen molar-refractivity contribution in [3.8, 4) is 22.6 Å². The molecule has 2 aromatic rings. The summed E-state index contributed by atoms with van der Waals surface area (Å²) in [6.45, 7) is -2.55. The van der Waals surface area contributed by atoms with Crippen molar-refractivity contribution in [2.24, 2.45) is 5.92 Å². The molecule has 0 aromatic heterocycles. The number of benzene rings is 2. The third-order valence-electron chi connectivity index (χ3n) is 5.38. The van der Waals surface area contributed by atoms with Crippen LogP contribution in [0.3, 0.4) is 0 Å². The van der Waals surface area contributed by atoms with Crippen LogP contribution in [0.2, 0.25) is 0 Å². The van der Waals surface area contributed by atoms with E-state index in [0.717, 1.165) is 12.8 Å². The van der Waals surface area contributed by atoms with Gasteiger partial charge in [0.2, 0.25) is 11.8 Å². The molecule has 1 saturated heterocycles. The molecule has 0 spiro atoms. The highest BCUT2D eigenvalue weighted by Gasteiger charge is 2.41. The van der Waals surface area contributed by atoms with Crippen LogP contribution in [-0.2, 0) is 9.59 Å². The van der Waals surface area contributed by atoms with Gasteiger partial charge in [-0.25, -0.2) is 0 Å². The van der Waals surface area contributed by atoms with E-state index in [2.05, 4.69) is 10.1 Å². The number of anilines is 1. The van der Waals surface area contributed by atoms with Crippen LogP contribution in [0, 0.1) is 5.92 Å². The average Bonchev–Trinajstić information content (AvgIpc) is 3.50. The van der Waals surface area contributed by atoms with E-state index in [1.54, 1.807) is 35.2 Å². The van der Waals surface area contributed by atoms with Crippen LogP contribution in [0.1, 0.15) is 19.3 Å². The fourth-order valence-corrected chi connectivity index (χ4v) is 3.69. The molecule has 1 aliphatic heterocycles. The van der Waals surface area contributed by atoms with Gasteiger partial charge >= 0.3 is 6.61 Å². The molecule has 1 atom stereocenters. The average molecular weight is 416 g/mol. The number of rotatable bonds is 7. The predicted molar refractivity (Wildman–Crippen MR) is 107 cm³/mol. The highest BCUT2D eigenvalue weighted by molar-refractivity contribution is 5.98. The fourth-order valence-electron chi connectivity index (χ4n) is 3.69. The Balaban J connectivity index is 1.54. The second-order valence-electron chi connectivity index (χ2n) is 7.49. The summed E-state index contributed by atoms with van der Waals surface area (Å²) in [6, 6.07) is 11.7. The Bertz CT molecular complexity index is 945. The minimum absolute atomic E-state index is 0.00381. The van der Waals surface area contributed by atoms with Crippen LogP contribution in [0.5, 0.6) is 11.5 Å². The van der Waals surface area contributed by atoms with Crippen LogP contribution in [0.15, 0.2) is 42.5 Å². The number of nitrogens with one attached hydrogen (secondary N) is 1. The Hall–Kier alpha value is -3.16. The van der Waals surface area contributed by atoms with E-state index in [-0.39, 0.29) is 30.0 Å². The van der Waals surface area contributed by atoms with Crippen molar-refractivity contribution in [3.63, 3.8) is 0 Å². The highest BCUT2D eigenvalue weighted by Crippen LogP contribution is 2.36. The minimum Gasteiger partial charge on any atom is -0.497 e. The molecule has 2 fully saturated rings. The normalized spacial score (nSPS) is 18.6. The molecule has 30 heavy (non-hydrogen) atoms. The van der Waals surface area contributed by atoms with E-state index in [1.807, 2.05) is 0 Å². The first kappa shape index (κ1) is 20.1. The number of likely N-dealkylation sites (tertiary alicyclic amines) is 1. The summed E-state index contributed by atoms with van der Waals surface area (Å²) in [6.07, 6.45) is 2.19. The van der Waals surface area contributed by atoms with Crippen molar-refractivity contribution in [2.75, 3.05) is 19.0 Å². The lowest BCUT2D eigenvalue weighted by molar-refractivity contribution is -0.128. The first-order valence-electron chi connectivity index (χ1n) is 9.78. The molecule has 0 radical (unpaired) electrons. The molecule has 4 rings (SSSR count).